The van der Waals surface area contributed by atoms with E-state index in [-0.39, 0.29) is 17.7 Å². The van der Waals surface area contributed by atoms with E-state index in [1.165, 1.54) is 0 Å². The number of nitrogens with zero attached hydrogens (tertiary/aromatic N) is 1. The molecule has 4 rings (SSSR count). The molecule has 0 bridgehead atoms. The quantitative estimate of drug-likeness (QED) is 0.708. The standard InChI is InChI=1S/C21H31NO5/c23-18-6-5-8-20(9-11-21(12-10-20)26-16-17-27-21)22(18)13-2-4-15-25-19-7-1-3-14-24-19/h19H,1,3,5-17H2. The van der Waals surface area contributed by atoms with Crippen LogP contribution in [-0.4, -0.2) is 61.4 Å². The largest absolute Gasteiger partial charge is 0.353 e. The van der Waals surface area contributed by atoms with Gasteiger partial charge in [0.1, 0.15) is 6.61 Å². The molecule has 150 valence electrons. The normalized spacial score (nSPS) is 29.7. The number of carbonyl (C=O) groups excluding carboxylic acids is 1. The number of amides is 1. The Kier molecular flexibility index (Phi) is 6.03. The number of rotatable bonds is 3. The minimum absolute atomic E-state index is 0.0715. The summed E-state index contributed by atoms with van der Waals surface area (Å²) in [5.74, 6) is 6.09. The third-order valence-corrected chi connectivity index (χ3v) is 6.50. The Morgan fingerprint density at radius 3 is 2.56 bits per heavy atom. The van der Waals surface area contributed by atoms with Crippen molar-refractivity contribution in [1.29, 1.82) is 0 Å². The van der Waals surface area contributed by atoms with Gasteiger partial charge < -0.3 is 23.8 Å². The molecule has 1 aliphatic carbocycles. The van der Waals surface area contributed by atoms with Crippen LogP contribution in [0.4, 0.5) is 0 Å². The molecule has 6 nitrogen and oxygen atoms in total. The van der Waals surface area contributed by atoms with Gasteiger partial charge in [0.05, 0.1) is 19.8 Å². The fourth-order valence-corrected chi connectivity index (χ4v) is 4.92. The first-order valence-electron chi connectivity index (χ1n) is 10.5. The number of hydrogen-bond acceptors (Lipinski definition) is 5. The molecule has 0 aromatic rings. The van der Waals surface area contributed by atoms with Gasteiger partial charge in [-0.3, -0.25) is 4.79 Å². The lowest BCUT2D eigenvalue weighted by atomic mass is 9.72. The maximum atomic E-state index is 12.6. The molecule has 1 unspecified atom stereocenters. The predicted molar refractivity (Wildman–Crippen MR) is 98.7 cm³/mol. The average Bonchev–Trinajstić information content (AvgIpc) is 3.16. The van der Waals surface area contributed by atoms with Gasteiger partial charge >= 0.3 is 0 Å². The van der Waals surface area contributed by atoms with Crippen LogP contribution in [0.3, 0.4) is 0 Å². The van der Waals surface area contributed by atoms with E-state index >= 15 is 0 Å². The highest BCUT2D eigenvalue weighted by Gasteiger charge is 2.50. The zero-order chi connectivity index (χ0) is 18.6. The second-order valence-corrected chi connectivity index (χ2v) is 8.13. The van der Waals surface area contributed by atoms with Gasteiger partial charge in [-0.15, -0.1) is 0 Å². The molecule has 0 aromatic carbocycles. The van der Waals surface area contributed by atoms with E-state index in [0.717, 1.165) is 64.4 Å². The van der Waals surface area contributed by atoms with Crippen LogP contribution in [0.5, 0.6) is 0 Å². The molecule has 4 fully saturated rings. The molecule has 27 heavy (non-hydrogen) atoms. The fraction of sp³-hybridized carbons (Fsp3) is 0.857. The Balaban J connectivity index is 1.32. The third-order valence-electron chi connectivity index (χ3n) is 6.50. The summed E-state index contributed by atoms with van der Waals surface area (Å²) in [4.78, 5) is 14.7. The third kappa shape index (κ3) is 4.32. The van der Waals surface area contributed by atoms with Crippen molar-refractivity contribution in [3.8, 4) is 11.8 Å². The highest BCUT2D eigenvalue weighted by atomic mass is 16.7. The first-order chi connectivity index (χ1) is 13.2. The van der Waals surface area contributed by atoms with Gasteiger partial charge in [0.25, 0.3) is 0 Å². The minimum atomic E-state index is -0.392. The van der Waals surface area contributed by atoms with Gasteiger partial charge in [-0.2, -0.15) is 0 Å². The summed E-state index contributed by atoms with van der Waals surface area (Å²) in [6, 6.07) is 0. The van der Waals surface area contributed by atoms with Gasteiger partial charge in [0.15, 0.2) is 12.1 Å². The highest BCUT2D eigenvalue weighted by molar-refractivity contribution is 5.78. The number of hydrogen-bond donors (Lipinski definition) is 0. The van der Waals surface area contributed by atoms with E-state index in [0.29, 0.717) is 32.8 Å². The van der Waals surface area contributed by atoms with Gasteiger partial charge in [-0.25, -0.2) is 0 Å². The molecule has 3 aliphatic heterocycles. The van der Waals surface area contributed by atoms with Crippen LogP contribution in [0.15, 0.2) is 0 Å². The van der Waals surface area contributed by atoms with Gasteiger partial charge in [0.2, 0.25) is 5.91 Å². The highest BCUT2D eigenvalue weighted by Crippen LogP contribution is 2.46. The Labute approximate surface area is 161 Å². The zero-order valence-corrected chi connectivity index (χ0v) is 16.2. The lowest BCUT2D eigenvalue weighted by molar-refractivity contribution is -0.198. The average molecular weight is 377 g/mol. The molecule has 4 aliphatic rings. The lowest BCUT2D eigenvalue weighted by Crippen LogP contribution is -2.58. The molecule has 1 amide bonds. The van der Waals surface area contributed by atoms with Crippen LogP contribution in [0.1, 0.15) is 64.2 Å². The van der Waals surface area contributed by atoms with E-state index < -0.39 is 5.79 Å². The van der Waals surface area contributed by atoms with E-state index in [9.17, 15) is 4.79 Å². The zero-order valence-electron chi connectivity index (χ0n) is 16.2. The predicted octanol–water partition coefficient (Wildman–Crippen LogP) is 2.60. The van der Waals surface area contributed by atoms with Crippen LogP contribution in [0.25, 0.3) is 0 Å². The molecular weight excluding hydrogens is 346 g/mol. The molecular formula is C21H31NO5. The van der Waals surface area contributed by atoms with Gasteiger partial charge in [0, 0.05) is 31.4 Å². The Hall–Kier alpha value is -1.13. The Morgan fingerprint density at radius 2 is 1.81 bits per heavy atom. The van der Waals surface area contributed by atoms with E-state index in [2.05, 4.69) is 11.8 Å². The van der Waals surface area contributed by atoms with Crippen molar-refractivity contribution in [2.45, 2.75) is 81.8 Å². The second kappa shape index (κ2) is 8.48. The van der Waals surface area contributed by atoms with Crippen LogP contribution in [-0.2, 0) is 23.7 Å². The molecule has 3 heterocycles. The smallest absolute Gasteiger partial charge is 0.223 e. The maximum absolute atomic E-state index is 12.6. The number of piperidine rings is 1. The summed E-state index contributed by atoms with van der Waals surface area (Å²) < 4.78 is 22.9. The molecule has 3 saturated heterocycles. The van der Waals surface area contributed by atoms with E-state index in [1.54, 1.807) is 0 Å². The topological polar surface area (TPSA) is 57.2 Å². The second-order valence-electron chi connectivity index (χ2n) is 8.13. The van der Waals surface area contributed by atoms with Crippen molar-refractivity contribution in [2.24, 2.45) is 0 Å². The number of ether oxygens (including phenoxy) is 4. The molecule has 1 atom stereocenters. The van der Waals surface area contributed by atoms with Gasteiger partial charge in [-0.1, -0.05) is 11.8 Å². The van der Waals surface area contributed by atoms with Crippen molar-refractivity contribution in [3.05, 3.63) is 0 Å². The first kappa shape index (κ1) is 19.2. The van der Waals surface area contributed by atoms with Crippen LogP contribution in [0.2, 0.25) is 0 Å². The molecule has 0 radical (unpaired) electrons. The molecule has 1 saturated carbocycles. The molecule has 6 heteroatoms. The lowest BCUT2D eigenvalue weighted by Gasteiger charge is -2.51. The van der Waals surface area contributed by atoms with Crippen molar-refractivity contribution < 1.29 is 23.7 Å². The summed E-state index contributed by atoms with van der Waals surface area (Å²) in [7, 11) is 0. The Morgan fingerprint density at radius 1 is 1.00 bits per heavy atom. The van der Waals surface area contributed by atoms with Crippen molar-refractivity contribution in [1.82, 2.24) is 4.90 Å². The number of likely N-dealkylation sites (tertiary alicyclic amines) is 1. The maximum Gasteiger partial charge on any atom is 0.223 e. The summed E-state index contributed by atoms with van der Waals surface area (Å²) in [6.07, 6.45) is 9.37. The van der Waals surface area contributed by atoms with E-state index in [1.807, 2.05) is 4.90 Å². The Bertz CT molecular complexity index is 573. The molecule has 0 aromatic heterocycles. The summed E-state index contributed by atoms with van der Waals surface area (Å²) in [5.41, 5.74) is -0.0715. The summed E-state index contributed by atoms with van der Waals surface area (Å²) in [6.45, 7) is 3.00. The van der Waals surface area contributed by atoms with Crippen LogP contribution >= 0.6 is 0 Å². The summed E-state index contributed by atoms with van der Waals surface area (Å²) in [5, 5.41) is 0. The van der Waals surface area contributed by atoms with Crippen molar-refractivity contribution in [3.63, 3.8) is 0 Å². The molecule has 0 N–H and O–H groups in total. The summed E-state index contributed by atoms with van der Waals surface area (Å²) >= 11 is 0. The molecule has 2 spiro atoms. The SMILES string of the molecule is O=C1CCCC2(CCC3(CC2)OCCO3)N1CC#CCOC1CCCCO1. The van der Waals surface area contributed by atoms with Crippen molar-refractivity contribution in [2.75, 3.05) is 33.0 Å². The monoisotopic (exact) mass is 377 g/mol. The number of carbonyl (C=O) groups is 1. The van der Waals surface area contributed by atoms with Crippen molar-refractivity contribution >= 4 is 5.91 Å². The fourth-order valence-electron chi connectivity index (χ4n) is 4.92. The first-order valence-corrected chi connectivity index (χ1v) is 10.5. The van der Waals surface area contributed by atoms with Crippen LogP contribution < -0.4 is 0 Å². The van der Waals surface area contributed by atoms with Gasteiger partial charge in [-0.05, 0) is 44.9 Å². The minimum Gasteiger partial charge on any atom is -0.353 e. The van der Waals surface area contributed by atoms with Crippen LogP contribution in [0, 0.1) is 11.8 Å². The van der Waals surface area contributed by atoms with E-state index in [4.69, 9.17) is 18.9 Å².